The molecule has 11 heavy (non-hydrogen) atoms. The summed E-state index contributed by atoms with van der Waals surface area (Å²) in [5.41, 5.74) is 0.0648. The topological polar surface area (TPSA) is 52.5 Å². The molecule has 0 aliphatic carbocycles. The summed E-state index contributed by atoms with van der Waals surface area (Å²) in [7, 11) is -2.42. The third-order valence-corrected chi connectivity index (χ3v) is 3.19. The van der Waals surface area contributed by atoms with Gasteiger partial charge >= 0.3 is 9.28 Å². The van der Waals surface area contributed by atoms with Crippen molar-refractivity contribution in [1.82, 2.24) is 5.32 Å². The molecule has 0 heterocycles. The molecule has 0 aliphatic heterocycles. The highest BCUT2D eigenvalue weighted by Crippen LogP contribution is 2.09. The summed E-state index contributed by atoms with van der Waals surface area (Å²) >= 11 is 0. The van der Waals surface area contributed by atoms with Crippen LogP contribution in [0.25, 0.3) is 0 Å². The molecule has 0 aromatic heterocycles. The molecule has 0 saturated heterocycles. The molecule has 0 spiro atoms. The van der Waals surface area contributed by atoms with Crippen LogP contribution < -0.4 is 5.32 Å². The van der Waals surface area contributed by atoms with Crippen molar-refractivity contribution in [2.45, 2.75) is 18.9 Å². The fourth-order valence-corrected chi connectivity index (χ4v) is 1.63. The second-order valence-electron chi connectivity index (χ2n) is 2.53. The Morgan fingerprint density at radius 2 is 2.27 bits per heavy atom. The molecule has 0 fully saturated rings. The van der Waals surface area contributed by atoms with Crippen LogP contribution in [0.3, 0.4) is 0 Å². The van der Waals surface area contributed by atoms with Crippen LogP contribution in [0, 0.1) is 0 Å². The second-order valence-corrected chi connectivity index (χ2v) is 4.30. The lowest BCUT2D eigenvalue weighted by Gasteiger charge is -2.14. The summed E-state index contributed by atoms with van der Waals surface area (Å²) in [6.07, 6.45) is 2.59. The largest absolute Gasteiger partial charge is 0.413 e. The summed E-state index contributed by atoms with van der Waals surface area (Å²) in [4.78, 5) is 17.9. The van der Waals surface area contributed by atoms with Crippen molar-refractivity contribution in [3.05, 3.63) is 12.7 Å². The standard InChI is InChI=1S/C7H17NO2Si/c1-3-5-8-6-7(4-2)11(9)10/h3,7-11H,1,4-6H2,2H3. The van der Waals surface area contributed by atoms with Gasteiger partial charge in [0.25, 0.3) is 0 Å². The summed E-state index contributed by atoms with van der Waals surface area (Å²) < 4.78 is 0. The Balaban J connectivity index is 3.43. The van der Waals surface area contributed by atoms with Crippen LogP contribution >= 0.6 is 0 Å². The van der Waals surface area contributed by atoms with Gasteiger partial charge in [0, 0.05) is 12.1 Å². The normalized spacial score (nSPS) is 13.5. The third kappa shape index (κ3) is 5.14. The van der Waals surface area contributed by atoms with Gasteiger partial charge in [0.05, 0.1) is 0 Å². The molecule has 0 saturated carbocycles. The molecule has 3 nitrogen and oxygen atoms in total. The van der Waals surface area contributed by atoms with Crippen LogP contribution in [-0.2, 0) is 0 Å². The van der Waals surface area contributed by atoms with Crippen molar-refractivity contribution in [2.75, 3.05) is 13.1 Å². The van der Waals surface area contributed by atoms with Crippen LogP contribution in [0.5, 0.6) is 0 Å². The Hall–Kier alpha value is -0.163. The lowest BCUT2D eigenvalue weighted by molar-refractivity contribution is 0.377. The highest BCUT2D eigenvalue weighted by Gasteiger charge is 2.16. The second kappa shape index (κ2) is 6.54. The fraction of sp³-hybridized carbons (Fsp3) is 0.714. The molecular formula is C7H17NO2Si. The van der Waals surface area contributed by atoms with E-state index in [9.17, 15) is 0 Å². The molecule has 0 amide bonds. The van der Waals surface area contributed by atoms with E-state index in [4.69, 9.17) is 9.59 Å². The first-order valence-electron chi connectivity index (χ1n) is 3.90. The van der Waals surface area contributed by atoms with Crippen molar-refractivity contribution in [2.24, 2.45) is 0 Å². The Morgan fingerprint density at radius 1 is 1.64 bits per heavy atom. The predicted molar refractivity (Wildman–Crippen MR) is 48.7 cm³/mol. The predicted octanol–water partition coefficient (Wildman–Crippen LogP) is -0.253. The maximum absolute atomic E-state index is 8.94. The van der Waals surface area contributed by atoms with Gasteiger partial charge in [0.15, 0.2) is 0 Å². The maximum Gasteiger partial charge on any atom is 0.320 e. The highest BCUT2D eigenvalue weighted by molar-refractivity contribution is 6.43. The van der Waals surface area contributed by atoms with E-state index >= 15 is 0 Å². The highest BCUT2D eigenvalue weighted by atomic mass is 28.3. The Kier molecular flexibility index (Phi) is 6.44. The van der Waals surface area contributed by atoms with E-state index in [0.29, 0.717) is 6.54 Å². The van der Waals surface area contributed by atoms with Crippen molar-refractivity contribution in [3.63, 3.8) is 0 Å². The molecule has 0 rings (SSSR count). The van der Waals surface area contributed by atoms with E-state index in [1.165, 1.54) is 0 Å². The summed E-state index contributed by atoms with van der Waals surface area (Å²) in [5.74, 6) is 0. The maximum atomic E-state index is 8.94. The minimum Gasteiger partial charge on any atom is -0.413 e. The molecular weight excluding hydrogens is 158 g/mol. The molecule has 66 valence electrons. The van der Waals surface area contributed by atoms with E-state index in [1.54, 1.807) is 6.08 Å². The van der Waals surface area contributed by atoms with Crippen molar-refractivity contribution < 1.29 is 9.59 Å². The van der Waals surface area contributed by atoms with Crippen molar-refractivity contribution in [1.29, 1.82) is 0 Å². The molecule has 0 aromatic carbocycles. The van der Waals surface area contributed by atoms with Gasteiger partial charge in [0.2, 0.25) is 0 Å². The summed E-state index contributed by atoms with van der Waals surface area (Å²) in [5, 5.41) is 3.06. The van der Waals surface area contributed by atoms with E-state index in [2.05, 4.69) is 11.9 Å². The van der Waals surface area contributed by atoms with Crippen LogP contribution in [0.1, 0.15) is 13.3 Å². The zero-order valence-electron chi connectivity index (χ0n) is 6.95. The Morgan fingerprint density at radius 3 is 2.64 bits per heavy atom. The van der Waals surface area contributed by atoms with Crippen LogP contribution in [0.15, 0.2) is 12.7 Å². The summed E-state index contributed by atoms with van der Waals surface area (Å²) in [6, 6.07) is 0. The van der Waals surface area contributed by atoms with Gasteiger partial charge in [0.1, 0.15) is 0 Å². The molecule has 0 bridgehead atoms. The first-order chi connectivity index (χ1) is 5.22. The molecule has 0 aromatic rings. The lowest BCUT2D eigenvalue weighted by atomic mass is 10.3. The van der Waals surface area contributed by atoms with E-state index in [-0.39, 0.29) is 5.54 Å². The average molecular weight is 175 g/mol. The van der Waals surface area contributed by atoms with E-state index in [1.807, 2.05) is 6.92 Å². The molecule has 4 heteroatoms. The zero-order valence-corrected chi connectivity index (χ0v) is 8.11. The number of rotatable bonds is 6. The average Bonchev–Trinajstić information content (AvgIpc) is 1.97. The molecule has 1 unspecified atom stereocenters. The third-order valence-electron chi connectivity index (χ3n) is 1.64. The van der Waals surface area contributed by atoms with Gasteiger partial charge in [-0.25, -0.2) is 0 Å². The van der Waals surface area contributed by atoms with Crippen LogP contribution in [-0.4, -0.2) is 32.0 Å². The first kappa shape index (κ1) is 10.8. The molecule has 3 N–H and O–H groups in total. The quantitative estimate of drug-likeness (QED) is 0.296. The monoisotopic (exact) mass is 175 g/mol. The van der Waals surface area contributed by atoms with Gasteiger partial charge in [-0.15, -0.1) is 6.58 Å². The Labute approximate surface area is 69.6 Å². The van der Waals surface area contributed by atoms with E-state index < -0.39 is 9.28 Å². The summed E-state index contributed by atoms with van der Waals surface area (Å²) in [6.45, 7) is 6.94. The fourth-order valence-electron chi connectivity index (χ4n) is 0.831. The number of nitrogens with one attached hydrogen (secondary N) is 1. The number of hydrogen-bond donors (Lipinski definition) is 3. The van der Waals surface area contributed by atoms with Crippen LogP contribution in [0.4, 0.5) is 0 Å². The molecule has 0 aliphatic rings. The van der Waals surface area contributed by atoms with Gasteiger partial charge in [-0.3, -0.25) is 0 Å². The van der Waals surface area contributed by atoms with Gasteiger partial charge in [-0.05, 0) is 6.54 Å². The Bertz CT molecular complexity index is 109. The number of hydrogen-bond acceptors (Lipinski definition) is 3. The minimum atomic E-state index is -2.42. The van der Waals surface area contributed by atoms with Crippen molar-refractivity contribution >= 4 is 9.28 Å². The van der Waals surface area contributed by atoms with E-state index in [0.717, 1.165) is 13.0 Å². The van der Waals surface area contributed by atoms with Gasteiger partial charge < -0.3 is 14.9 Å². The van der Waals surface area contributed by atoms with Crippen molar-refractivity contribution in [3.8, 4) is 0 Å². The lowest BCUT2D eigenvalue weighted by Crippen LogP contribution is -2.30. The molecule has 1 atom stereocenters. The van der Waals surface area contributed by atoms with Gasteiger partial charge in [-0.2, -0.15) is 0 Å². The smallest absolute Gasteiger partial charge is 0.320 e. The van der Waals surface area contributed by atoms with Gasteiger partial charge in [-0.1, -0.05) is 19.4 Å². The van der Waals surface area contributed by atoms with Crippen LogP contribution in [0.2, 0.25) is 5.54 Å². The zero-order chi connectivity index (χ0) is 8.69. The molecule has 0 radical (unpaired) electrons. The minimum absolute atomic E-state index is 0.0648. The first-order valence-corrected chi connectivity index (χ1v) is 5.60. The SMILES string of the molecule is C=CCNCC(CC)[SiH](O)O.